The van der Waals surface area contributed by atoms with Crippen LogP contribution in [0.3, 0.4) is 0 Å². The Bertz CT molecular complexity index is 815. The van der Waals surface area contributed by atoms with Crippen LogP contribution in [0.25, 0.3) is 10.8 Å². The van der Waals surface area contributed by atoms with E-state index in [-0.39, 0.29) is 17.9 Å². The highest BCUT2D eigenvalue weighted by Crippen LogP contribution is 2.16. The lowest BCUT2D eigenvalue weighted by Crippen LogP contribution is -2.45. The zero-order valence-electron chi connectivity index (χ0n) is 16.5. The predicted octanol–water partition coefficient (Wildman–Crippen LogP) is 3.15. The number of carbonyl (C=O) groups is 1. The number of nitrogens with zero attached hydrogens (tertiary/aromatic N) is 2. The standard InChI is InChI=1S/C22H30N4O/c1-4-23-22(25-20-11-12-26(15-20)21(27)16(2)3)24-14-17-9-10-18-7-5-6-8-19(18)13-17/h5-10,13,16,20H,4,11-12,14-15H2,1-3H3,(H2,23,24,25). The van der Waals surface area contributed by atoms with Gasteiger partial charge in [-0.25, -0.2) is 4.99 Å². The number of benzene rings is 2. The number of guanidine groups is 1. The summed E-state index contributed by atoms with van der Waals surface area (Å²) in [5, 5.41) is 9.30. The molecule has 1 saturated heterocycles. The summed E-state index contributed by atoms with van der Waals surface area (Å²) in [5.41, 5.74) is 1.19. The summed E-state index contributed by atoms with van der Waals surface area (Å²) in [6, 6.07) is 15.1. The van der Waals surface area contributed by atoms with Crippen LogP contribution in [0, 0.1) is 5.92 Å². The molecule has 0 spiro atoms. The van der Waals surface area contributed by atoms with Gasteiger partial charge in [0, 0.05) is 31.6 Å². The third kappa shape index (κ3) is 5.00. The number of aliphatic imine (C=N–C) groups is 1. The summed E-state index contributed by atoms with van der Waals surface area (Å²) in [6.45, 7) is 8.98. The smallest absolute Gasteiger partial charge is 0.225 e. The largest absolute Gasteiger partial charge is 0.357 e. The van der Waals surface area contributed by atoms with E-state index in [1.807, 2.05) is 18.7 Å². The van der Waals surface area contributed by atoms with Crippen molar-refractivity contribution >= 4 is 22.6 Å². The molecule has 0 saturated carbocycles. The number of fused-ring (bicyclic) bond motifs is 1. The van der Waals surface area contributed by atoms with E-state index < -0.39 is 0 Å². The summed E-state index contributed by atoms with van der Waals surface area (Å²) in [4.78, 5) is 18.9. The second kappa shape index (κ2) is 8.89. The third-order valence-electron chi connectivity index (χ3n) is 4.91. The number of hydrogen-bond donors (Lipinski definition) is 2. The third-order valence-corrected chi connectivity index (χ3v) is 4.91. The SMILES string of the molecule is CCNC(=NCc1ccc2ccccc2c1)NC1CCN(C(=O)C(C)C)C1. The van der Waals surface area contributed by atoms with E-state index in [1.165, 1.54) is 16.3 Å². The second-order valence-electron chi connectivity index (χ2n) is 7.45. The van der Waals surface area contributed by atoms with Gasteiger partial charge in [0.05, 0.1) is 6.54 Å². The quantitative estimate of drug-likeness (QED) is 0.631. The molecule has 2 aromatic rings. The molecule has 3 rings (SSSR count). The van der Waals surface area contributed by atoms with Crippen LogP contribution in [0.15, 0.2) is 47.5 Å². The lowest BCUT2D eigenvalue weighted by atomic mass is 10.1. The van der Waals surface area contributed by atoms with Crippen LogP contribution in [0.4, 0.5) is 0 Å². The molecule has 5 heteroatoms. The number of carbonyl (C=O) groups excluding carboxylic acids is 1. The van der Waals surface area contributed by atoms with Gasteiger partial charge in [0.2, 0.25) is 5.91 Å². The van der Waals surface area contributed by atoms with Gasteiger partial charge in [0.15, 0.2) is 5.96 Å². The number of nitrogens with one attached hydrogen (secondary N) is 2. The molecular weight excluding hydrogens is 336 g/mol. The van der Waals surface area contributed by atoms with Gasteiger partial charge in [-0.1, -0.05) is 50.2 Å². The van der Waals surface area contributed by atoms with Crippen LogP contribution in [0.1, 0.15) is 32.8 Å². The van der Waals surface area contributed by atoms with E-state index >= 15 is 0 Å². The molecule has 5 nitrogen and oxygen atoms in total. The number of rotatable bonds is 5. The first-order chi connectivity index (χ1) is 13.1. The molecule has 1 aliphatic rings. The Morgan fingerprint density at radius 2 is 2.00 bits per heavy atom. The molecule has 0 bridgehead atoms. The number of likely N-dealkylation sites (tertiary alicyclic amines) is 1. The van der Waals surface area contributed by atoms with Gasteiger partial charge in [-0.05, 0) is 35.7 Å². The molecule has 1 heterocycles. The minimum atomic E-state index is 0.0542. The summed E-state index contributed by atoms with van der Waals surface area (Å²) in [6.07, 6.45) is 0.957. The van der Waals surface area contributed by atoms with Crippen molar-refractivity contribution in [3.8, 4) is 0 Å². The predicted molar refractivity (Wildman–Crippen MR) is 112 cm³/mol. The summed E-state index contributed by atoms with van der Waals surface area (Å²) in [7, 11) is 0. The highest BCUT2D eigenvalue weighted by Gasteiger charge is 2.27. The normalized spacial score (nSPS) is 17.6. The van der Waals surface area contributed by atoms with Gasteiger partial charge in [-0.3, -0.25) is 4.79 Å². The maximum atomic E-state index is 12.2. The maximum absolute atomic E-state index is 12.2. The molecule has 1 unspecified atom stereocenters. The molecule has 1 atom stereocenters. The average Bonchev–Trinajstić information content (AvgIpc) is 3.13. The lowest BCUT2D eigenvalue weighted by molar-refractivity contribution is -0.133. The zero-order valence-corrected chi connectivity index (χ0v) is 16.5. The minimum absolute atomic E-state index is 0.0542. The molecule has 1 fully saturated rings. The van der Waals surface area contributed by atoms with Crippen molar-refractivity contribution in [2.75, 3.05) is 19.6 Å². The van der Waals surface area contributed by atoms with E-state index in [2.05, 4.69) is 60.0 Å². The molecule has 2 aromatic carbocycles. The Kier molecular flexibility index (Phi) is 6.32. The molecule has 144 valence electrons. The lowest BCUT2D eigenvalue weighted by Gasteiger charge is -2.20. The van der Waals surface area contributed by atoms with Crippen molar-refractivity contribution in [1.82, 2.24) is 15.5 Å². The van der Waals surface area contributed by atoms with E-state index in [0.717, 1.165) is 32.0 Å². The van der Waals surface area contributed by atoms with Crippen molar-refractivity contribution in [3.63, 3.8) is 0 Å². The number of amides is 1. The molecule has 2 N–H and O–H groups in total. The first-order valence-electron chi connectivity index (χ1n) is 9.88. The Morgan fingerprint density at radius 3 is 2.74 bits per heavy atom. The van der Waals surface area contributed by atoms with Gasteiger partial charge >= 0.3 is 0 Å². The fourth-order valence-corrected chi connectivity index (χ4v) is 3.46. The van der Waals surface area contributed by atoms with Crippen molar-refractivity contribution in [3.05, 3.63) is 48.0 Å². The van der Waals surface area contributed by atoms with Gasteiger partial charge in [-0.2, -0.15) is 0 Å². The van der Waals surface area contributed by atoms with E-state index in [1.54, 1.807) is 0 Å². The van der Waals surface area contributed by atoms with Crippen LogP contribution in [-0.4, -0.2) is 42.4 Å². The van der Waals surface area contributed by atoms with Gasteiger partial charge in [0.1, 0.15) is 0 Å². The van der Waals surface area contributed by atoms with Gasteiger partial charge < -0.3 is 15.5 Å². The van der Waals surface area contributed by atoms with E-state index in [9.17, 15) is 4.79 Å². The summed E-state index contributed by atoms with van der Waals surface area (Å²) >= 11 is 0. The maximum Gasteiger partial charge on any atom is 0.225 e. The van der Waals surface area contributed by atoms with Crippen molar-refractivity contribution in [2.45, 2.75) is 39.8 Å². The van der Waals surface area contributed by atoms with E-state index in [4.69, 9.17) is 4.99 Å². The van der Waals surface area contributed by atoms with Crippen LogP contribution in [0.2, 0.25) is 0 Å². The second-order valence-corrected chi connectivity index (χ2v) is 7.45. The van der Waals surface area contributed by atoms with Crippen LogP contribution < -0.4 is 10.6 Å². The first-order valence-corrected chi connectivity index (χ1v) is 9.88. The van der Waals surface area contributed by atoms with Gasteiger partial charge in [-0.15, -0.1) is 0 Å². The van der Waals surface area contributed by atoms with Crippen LogP contribution in [-0.2, 0) is 11.3 Å². The Hall–Kier alpha value is -2.56. The first kappa shape index (κ1) is 19.2. The van der Waals surface area contributed by atoms with Crippen molar-refractivity contribution in [1.29, 1.82) is 0 Å². The van der Waals surface area contributed by atoms with Crippen LogP contribution in [0.5, 0.6) is 0 Å². The molecule has 27 heavy (non-hydrogen) atoms. The fourth-order valence-electron chi connectivity index (χ4n) is 3.46. The Morgan fingerprint density at radius 1 is 1.22 bits per heavy atom. The molecular formula is C22H30N4O. The Labute approximate surface area is 161 Å². The molecule has 1 amide bonds. The molecule has 0 aliphatic carbocycles. The fraction of sp³-hybridized carbons (Fsp3) is 0.455. The molecule has 0 radical (unpaired) electrons. The topological polar surface area (TPSA) is 56.7 Å². The van der Waals surface area contributed by atoms with Crippen LogP contribution >= 0.6 is 0 Å². The zero-order chi connectivity index (χ0) is 19.2. The van der Waals surface area contributed by atoms with Gasteiger partial charge in [0.25, 0.3) is 0 Å². The number of hydrogen-bond acceptors (Lipinski definition) is 2. The monoisotopic (exact) mass is 366 g/mol. The minimum Gasteiger partial charge on any atom is -0.357 e. The highest BCUT2D eigenvalue weighted by molar-refractivity contribution is 5.83. The molecule has 1 aliphatic heterocycles. The van der Waals surface area contributed by atoms with E-state index in [0.29, 0.717) is 6.54 Å². The molecule has 0 aromatic heterocycles. The summed E-state index contributed by atoms with van der Waals surface area (Å²) in [5.74, 6) is 1.10. The van der Waals surface area contributed by atoms with Crippen molar-refractivity contribution < 1.29 is 4.79 Å². The summed E-state index contributed by atoms with van der Waals surface area (Å²) < 4.78 is 0. The highest BCUT2D eigenvalue weighted by atomic mass is 16.2. The average molecular weight is 367 g/mol. The Balaban J connectivity index is 1.63. The van der Waals surface area contributed by atoms with Crippen molar-refractivity contribution in [2.24, 2.45) is 10.9 Å².